The van der Waals surface area contributed by atoms with Crippen LogP contribution in [0.1, 0.15) is 5.56 Å². The molecule has 0 amide bonds. The third-order valence-corrected chi connectivity index (χ3v) is 3.17. The van der Waals surface area contributed by atoms with E-state index in [1.807, 2.05) is 41.9 Å². The van der Waals surface area contributed by atoms with E-state index in [9.17, 15) is 5.11 Å². The largest absolute Gasteiger partial charge is 0.504 e. The van der Waals surface area contributed by atoms with Crippen LogP contribution in [0.25, 0.3) is 16.9 Å². The topological polar surface area (TPSA) is 46.8 Å². The van der Waals surface area contributed by atoms with Crippen molar-refractivity contribution >= 4 is 5.65 Å². The Balaban J connectivity index is 2.16. The molecular formula is C15H14N2O2. The van der Waals surface area contributed by atoms with Crippen LogP contribution in [0.4, 0.5) is 0 Å². The fourth-order valence-corrected chi connectivity index (χ4v) is 2.18. The zero-order chi connectivity index (χ0) is 13.4. The quantitative estimate of drug-likeness (QED) is 0.764. The summed E-state index contributed by atoms with van der Waals surface area (Å²) >= 11 is 0. The Hall–Kier alpha value is -2.49. The molecule has 0 radical (unpaired) electrons. The van der Waals surface area contributed by atoms with Gasteiger partial charge in [0.15, 0.2) is 11.4 Å². The van der Waals surface area contributed by atoms with Crippen molar-refractivity contribution in [2.24, 2.45) is 0 Å². The average Bonchev–Trinajstić information content (AvgIpc) is 2.83. The number of rotatable bonds is 2. The normalized spacial score (nSPS) is 10.8. The Morgan fingerprint density at radius 1 is 1.26 bits per heavy atom. The van der Waals surface area contributed by atoms with E-state index in [4.69, 9.17) is 4.74 Å². The lowest BCUT2D eigenvalue weighted by Gasteiger charge is -2.05. The average molecular weight is 254 g/mol. The summed E-state index contributed by atoms with van der Waals surface area (Å²) in [4.78, 5) is 4.47. The molecule has 0 fully saturated rings. The molecule has 0 aliphatic heterocycles. The molecule has 0 aliphatic carbocycles. The number of hydrogen-bond donors (Lipinski definition) is 1. The predicted octanol–water partition coefficient (Wildman–Crippen LogP) is 3.02. The predicted molar refractivity (Wildman–Crippen MR) is 73.6 cm³/mol. The summed E-state index contributed by atoms with van der Waals surface area (Å²) in [6.07, 6.45) is 3.77. The summed E-state index contributed by atoms with van der Waals surface area (Å²) in [7, 11) is 1.65. The molecule has 0 saturated carbocycles. The highest BCUT2D eigenvalue weighted by molar-refractivity contribution is 5.69. The summed E-state index contributed by atoms with van der Waals surface area (Å²) in [5, 5.41) is 9.78. The molecule has 96 valence electrons. The smallest absolute Gasteiger partial charge is 0.180 e. The molecule has 19 heavy (non-hydrogen) atoms. The van der Waals surface area contributed by atoms with Gasteiger partial charge in [-0.1, -0.05) is 0 Å². The van der Waals surface area contributed by atoms with Crippen molar-refractivity contribution in [3.05, 3.63) is 48.3 Å². The van der Waals surface area contributed by atoms with Gasteiger partial charge in [0.25, 0.3) is 0 Å². The van der Waals surface area contributed by atoms with Crippen LogP contribution in [0.3, 0.4) is 0 Å². The number of ether oxygens (including phenoxy) is 1. The highest BCUT2D eigenvalue weighted by atomic mass is 16.5. The van der Waals surface area contributed by atoms with Crippen molar-refractivity contribution in [1.82, 2.24) is 9.38 Å². The van der Waals surface area contributed by atoms with Crippen molar-refractivity contribution < 1.29 is 9.84 Å². The number of methoxy groups -OCH3 is 1. The number of hydrogen-bond acceptors (Lipinski definition) is 3. The summed E-state index contributed by atoms with van der Waals surface area (Å²) in [5.41, 5.74) is 3.51. The standard InChI is InChI=1S/C15H14N2O2/c1-10-8-11(19-2)5-6-12(10)13-9-17-7-3-4-14(18)15(17)16-13/h3-9,18H,1-2H3. The third-order valence-electron chi connectivity index (χ3n) is 3.17. The van der Waals surface area contributed by atoms with Crippen LogP contribution in [-0.2, 0) is 0 Å². The Bertz CT molecular complexity index is 747. The van der Waals surface area contributed by atoms with Gasteiger partial charge in [-0.3, -0.25) is 0 Å². The van der Waals surface area contributed by atoms with Gasteiger partial charge >= 0.3 is 0 Å². The monoisotopic (exact) mass is 254 g/mol. The Morgan fingerprint density at radius 3 is 2.79 bits per heavy atom. The van der Waals surface area contributed by atoms with Crippen molar-refractivity contribution in [2.45, 2.75) is 6.92 Å². The molecule has 3 aromatic rings. The molecule has 4 heteroatoms. The first-order valence-electron chi connectivity index (χ1n) is 6.01. The van der Waals surface area contributed by atoms with Crippen LogP contribution in [0, 0.1) is 6.92 Å². The van der Waals surface area contributed by atoms with Gasteiger partial charge in [0, 0.05) is 18.0 Å². The lowest BCUT2D eigenvalue weighted by atomic mass is 10.1. The number of aromatic nitrogens is 2. The van der Waals surface area contributed by atoms with Gasteiger partial charge in [-0.2, -0.15) is 0 Å². The van der Waals surface area contributed by atoms with E-state index in [-0.39, 0.29) is 5.75 Å². The van der Waals surface area contributed by atoms with Crippen LogP contribution in [0.5, 0.6) is 11.5 Å². The van der Waals surface area contributed by atoms with Gasteiger partial charge in [0.1, 0.15) is 5.75 Å². The summed E-state index contributed by atoms with van der Waals surface area (Å²) < 4.78 is 7.01. The van der Waals surface area contributed by atoms with Gasteiger partial charge in [0.05, 0.1) is 12.8 Å². The number of pyridine rings is 1. The second kappa shape index (κ2) is 4.31. The van der Waals surface area contributed by atoms with Crippen molar-refractivity contribution in [3.8, 4) is 22.8 Å². The highest BCUT2D eigenvalue weighted by Gasteiger charge is 2.09. The van der Waals surface area contributed by atoms with E-state index >= 15 is 0 Å². The minimum atomic E-state index is 0.180. The van der Waals surface area contributed by atoms with Gasteiger partial charge in [0.2, 0.25) is 0 Å². The molecule has 1 aromatic carbocycles. The van der Waals surface area contributed by atoms with Crippen molar-refractivity contribution in [2.75, 3.05) is 7.11 Å². The van der Waals surface area contributed by atoms with E-state index in [1.54, 1.807) is 19.2 Å². The molecule has 2 aromatic heterocycles. The third kappa shape index (κ3) is 1.91. The molecule has 0 spiro atoms. The van der Waals surface area contributed by atoms with E-state index in [0.29, 0.717) is 5.65 Å². The van der Waals surface area contributed by atoms with E-state index in [2.05, 4.69) is 4.98 Å². The second-order valence-corrected chi connectivity index (χ2v) is 4.43. The first kappa shape index (κ1) is 11.6. The first-order chi connectivity index (χ1) is 9.19. The SMILES string of the molecule is COc1ccc(-c2cn3cccc(O)c3n2)c(C)c1. The van der Waals surface area contributed by atoms with Crippen LogP contribution >= 0.6 is 0 Å². The number of benzene rings is 1. The second-order valence-electron chi connectivity index (χ2n) is 4.43. The molecule has 0 aliphatic rings. The van der Waals surface area contributed by atoms with Crippen molar-refractivity contribution in [1.29, 1.82) is 0 Å². The van der Waals surface area contributed by atoms with Crippen molar-refractivity contribution in [3.63, 3.8) is 0 Å². The van der Waals surface area contributed by atoms with Crippen LogP contribution in [-0.4, -0.2) is 21.6 Å². The number of fused-ring (bicyclic) bond motifs is 1. The van der Waals surface area contributed by atoms with Crippen LogP contribution in [0.15, 0.2) is 42.7 Å². The summed E-state index contributed by atoms with van der Waals surface area (Å²) in [5.74, 6) is 1.01. The number of nitrogens with zero attached hydrogens (tertiary/aromatic N) is 2. The Morgan fingerprint density at radius 2 is 2.11 bits per heavy atom. The van der Waals surface area contributed by atoms with Gasteiger partial charge in [-0.05, 0) is 42.8 Å². The molecule has 0 bridgehead atoms. The molecule has 1 N–H and O–H groups in total. The Kier molecular flexibility index (Phi) is 2.63. The molecule has 0 saturated heterocycles. The van der Waals surface area contributed by atoms with Crippen LogP contribution in [0.2, 0.25) is 0 Å². The van der Waals surface area contributed by atoms with Gasteiger partial charge in [-0.15, -0.1) is 0 Å². The molecule has 0 unspecified atom stereocenters. The molecule has 3 rings (SSSR count). The minimum absolute atomic E-state index is 0.180. The minimum Gasteiger partial charge on any atom is -0.504 e. The maximum atomic E-state index is 9.78. The molecule has 4 nitrogen and oxygen atoms in total. The molecule has 0 atom stereocenters. The van der Waals surface area contributed by atoms with E-state index in [1.165, 1.54) is 0 Å². The zero-order valence-corrected chi connectivity index (χ0v) is 10.8. The maximum absolute atomic E-state index is 9.78. The molecule has 2 heterocycles. The number of aromatic hydroxyl groups is 1. The fraction of sp³-hybridized carbons (Fsp3) is 0.133. The lowest BCUT2D eigenvalue weighted by molar-refractivity contribution is 0.414. The maximum Gasteiger partial charge on any atom is 0.180 e. The first-order valence-corrected chi connectivity index (χ1v) is 6.01. The van der Waals surface area contributed by atoms with E-state index < -0.39 is 0 Å². The summed E-state index contributed by atoms with van der Waals surface area (Å²) in [6, 6.07) is 9.28. The Labute approximate surface area is 110 Å². The van der Waals surface area contributed by atoms with Gasteiger partial charge in [-0.25, -0.2) is 4.98 Å². The number of aryl methyl sites for hydroxylation is 1. The summed E-state index contributed by atoms with van der Waals surface area (Å²) in [6.45, 7) is 2.02. The van der Waals surface area contributed by atoms with Crippen LogP contribution < -0.4 is 4.74 Å². The highest BCUT2D eigenvalue weighted by Crippen LogP contribution is 2.28. The lowest BCUT2D eigenvalue weighted by Crippen LogP contribution is -1.87. The van der Waals surface area contributed by atoms with Gasteiger partial charge < -0.3 is 14.2 Å². The fourth-order valence-electron chi connectivity index (χ4n) is 2.18. The molecular weight excluding hydrogens is 240 g/mol. The number of imidazole rings is 1. The van der Waals surface area contributed by atoms with E-state index in [0.717, 1.165) is 22.6 Å². The zero-order valence-electron chi connectivity index (χ0n) is 10.8.